The molecule has 0 aliphatic heterocycles. The topological polar surface area (TPSA) is 30.5 Å². The van der Waals surface area contributed by atoms with Gasteiger partial charge in [0, 0.05) is 12.6 Å². The monoisotopic (exact) mass is 229 g/mol. The van der Waals surface area contributed by atoms with Gasteiger partial charge in [-0.2, -0.15) is 0 Å². The summed E-state index contributed by atoms with van der Waals surface area (Å²) in [6, 6.07) is 0.494. The van der Waals surface area contributed by atoms with Gasteiger partial charge in [0.1, 0.15) is 0 Å². The summed E-state index contributed by atoms with van der Waals surface area (Å²) in [5.74, 6) is 0. The Bertz CT molecular complexity index is 187. The second-order valence-electron chi connectivity index (χ2n) is 4.61. The van der Waals surface area contributed by atoms with Crippen LogP contribution < -0.4 is 5.32 Å². The minimum absolute atomic E-state index is 0.255. The highest BCUT2D eigenvalue weighted by atomic mass is 16.6. The summed E-state index contributed by atoms with van der Waals surface area (Å²) in [7, 11) is 0. The van der Waals surface area contributed by atoms with Crippen LogP contribution in [0.25, 0.3) is 0 Å². The molecule has 3 heteroatoms. The van der Waals surface area contributed by atoms with E-state index in [0.717, 1.165) is 26.0 Å². The third-order valence-corrected chi connectivity index (χ3v) is 3.25. The Morgan fingerprint density at radius 1 is 1.31 bits per heavy atom. The lowest BCUT2D eigenvalue weighted by molar-refractivity contribution is -0.163. The molecule has 1 saturated carbocycles. The van der Waals surface area contributed by atoms with Gasteiger partial charge < -0.3 is 14.8 Å². The van der Waals surface area contributed by atoms with E-state index in [9.17, 15) is 0 Å². The van der Waals surface area contributed by atoms with Crippen LogP contribution in [0.5, 0.6) is 0 Å². The van der Waals surface area contributed by atoms with Crippen molar-refractivity contribution < 1.29 is 9.47 Å². The molecule has 1 fully saturated rings. The van der Waals surface area contributed by atoms with Crippen LogP contribution >= 0.6 is 0 Å². The van der Waals surface area contributed by atoms with Gasteiger partial charge in [0.25, 0.3) is 0 Å². The quantitative estimate of drug-likeness (QED) is 0.693. The third kappa shape index (κ3) is 3.72. The summed E-state index contributed by atoms with van der Waals surface area (Å²) in [5.41, 5.74) is 0. The van der Waals surface area contributed by atoms with Crippen LogP contribution in [0.3, 0.4) is 0 Å². The van der Waals surface area contributed by atoms with E-state index in [-0.39, 0.29) is 6.10 Å². The fourth-order valence-corrected chi connectivity index (χ4v) is 2.05. The molecule has 0 radical (unpaired) electrons. The molecule has 0 aromatic rings. The van der Waals surface area contributed by atoms with Crippen molar-refractivity contribution in [1.82, 2.24) is 5.32 Å². The molecule has 4 unspecified atom stereocenters. The normalized spacial score (nSPS) is 31.1. The first-order valence-electron chi connectivity index (χ1n) is 6.73. The summed E-state index contributed by atoms with van der Waals surface area (Å²) < 4.78 is 11.7. The highest BCUT2D eigenvalue weighted by molar-refractivity contribution is 4.97. The summed E-state index contributed by atoms with van der Waals surface area (Å²) in [6.07, 6.45) is 4.23. The average Bonchev–Trinajstić information content (AvgIpc) is 2.29. The molecule has 3 nitrogen and oxygen atoms in total. The smallest absolute Gasteiger partial charge is 0.0990 e. The van der Waals surface area contributed by atoms with E-state index in [0.29, 0.717) is 18.2 Å². The first-order chi connectivity index (χ1) is 7.72. The van der Waals surface area contributed by atoms with E-state index in [2.05, 4.69) is 33.0 Å². The Labute approximate surface area is 99.9 Å². The standard InChI is InChI=1S/C13H27NO2/c1-5-8-14-11-9-12(13(11)15-7-3)16-10(4)6-2/h10-14H,5-9H2,1-4H3. The number of ether oxygens (including phenoxy) is 2. The van der Waals surface area contributed by atoms with Crippen molar-refractivity contribution in [1.29, 1.82) is 0 Å². The lowest BCUT2D eigenvalue weighted by Gasteiger charge is -2.45. The number of hydrogen-bond donors (Lipinski definition) is 1. The highest BCUT2D eigenvalue weighted by Crippen LogP contribution is 2.28. The SMILES string of the molecule is CCCNC1CC(OC(C)CC)C1OCC. The predicted octanol–water partition coefficient (Wildman–Crippen LogP) is 2.35. The molecular weight excluding hydrogens is 202 g/mol. The van der Waals surface area contributed by atoms with E-state index in [4.69, 9.17) is 9.47 Å². The number of nitrogens with one attached hydrogen (secondary N) is 1. The average molecular weight is 229 g/mol. The summed E-state index contributed by atoms with van der Waals surface area (Å²) in [5, 5.41) is 3.52. The van der Waals surface area contributed by atoms with Crippen molar-refractivity contribution in [3.8, 4) is 0 Å². The Balaban J connectivity index is 2.32. The Kier molecular flexibility index (Phi) is 6.32. The fourth-order valence-electron chi connectivity index (χ4n) is 2.05. The molecule has 0 aromatic carbocycles. The van der Waals surface area contributed by atoms with Gasteiger partial charge in [0.2, 0.25) is 0 Å². The maximum atomic E-state index is 5.95. The predicted molar refractivity (Wildman–Crippen MR) is 66.7 cm³/mol. The van der Waals surface area contributed by atoms with E-state index in [1.165, 1.54) is 6.42 Å². The van der Waals surface area contributed by atoms with Gasteiger partial charge in [0.15, 0.2) is 0 Å². The van der Waals surface area contributed by atoms with Gasteiger partial charge in [-0.3, -0.25) is 0 Å². The second kappa shape index (κ2) is 7.25. The van der Waals surface area contributed by atoms with Crippen molar-refractivity contribution in [3.05, 3.63) is 0 Å². The molecule has 0 bridgehead atoms. The minimum atomic E-state index is 0.255. The molecule has 0 spiro atoms. The molecule has 1 aliphatic rings. The van der Waals surface area contributed by atoms with Crippen molar-refractivity contribution in [2.24, 2.45) is 0 Å². The Morgan fingerprint density at radius 2 is 2.06 bits per heavy atom. The van der Waals surface area contributed by atoms with Gasteiger partial charge in [-0.1, -0.05) is 13.8 Å². The van der Waals surface area contributed by atoms with Crippen LogP contribution in [0.4, 0.5) is 0 Å². The van der Waals surface area contributed by atoms with E-state index in [1.807, 2.05) is 0 Å². The maximum Gasteiger partial charge on any atom is 0.0990 e. The molecule has 16 heavy (non-hydrogen) atoms. The zero-order valence-electron chi connectivity index (χ0n) is 11.2. The molecule has 0 amide bonds. The molecule has 0 saturated heterocycles. The third-order valence-electron chi connectivity index (χ3n) is 3.25. The van der Waals surface area contributed by atoms with Crippen LogP contribution in [0, 0.1) is 0 Å². The van der Waals surface area contributed by atoms with Crippen LogP contribution in [-0.2, 0) is 9.47 Å². The van der Waals surface area contributed by atoms with Crippen LogP contribution in [-0.4, -0.2) is 37.5 Å². The maximum absolute atomic E-state index is 5.95. The lowest BCUT2D eigenvalue weighted by Crippen LogP contribution is -2.60. The zero-order chi connectivity index (χ0) is 12.0. The number of rotatable bonds is 8. The molecule has 1 aliphatic carbocycles. The lowest BCUT2D eigenvalue weighted by atomic mass is 9.85. The van der Waals surface area contributed by atoms with Crippen LogP contribution in [0.15, 0.2) is 0 Å². The summed E-state index contributed by atoms with van der Waals surface area (Å²) in [4.78, 5) is 0. The van der Waals surface area contributed by atoms with Gasteiger partial charge in [-0.25, -0.2) is 0 Å². The van der Waals surface area contributed by atoms with Crippen LogP contribution in [0.2, 0.25) is 0 Å². The Morgan fingerprint density at radius 3 is 2.62 bits per heavy atom. The molecule has 0 aromatic heterocycles. The summed E-state index contributed by atoms with van der Waals surface area (Å²) >= 11 is 0. The molecule has 0 heterocycles. The zero-order valence-corrected chi connectivity index (χ0v) is 11.2. The summed E-state index contributed by atoms with van der Waals surface area (Å²) in [6.45, 7) is 10.4. The van der Waals surface area contributed by atoms with E-state index < -0.39 is 0 Å². The minimum Gasteiger partial charge on any atom is -0.374 e. The Hall–Kier alpha value is -0.120. The molecule has 96 valence electrons. The molecule has 4 atom stereocenters. The van der Waals surface area contributed by atoms with Crippen LogP contribution in [0.1, 0.15) is 47.0 Å². The van der Waals surface area contributed by atoms with Crippen molar-refractivity contribution in [2.75, 3.05) is 13.2 Å². The van der Waals surface area contributed by atoms with Crippen molar-refractivity contribution in [2.45, 2.75) is 71.3 Å². The highest BCUT2D eigenvalue weighted by Gasteiger charge is 2.42. The molecular formula is C13H27NO2. The van der Waals surface area contributed by atoms with E-state index in [1.54, 1.807) is 0 Å². The van der Waals surface area contributed by atoms with Gasteiger partial charge in [0.05, 0.1) is 18.3 Å². The molecule has 1 N–H and O–H groups in total. The first kappa shape index (κ1) is 13.9. The number of hydrogen-bond acceptors (Lipinski definition) is 3. The van der Waals surface area contributed by atoms with Gasteiger partial charge >= 0.3 is 0 Å². The second-order valence-corrected chi connectivity index (χ2v) is 4.61. The van der Waals surface area contributed by atoms with E-state index >= 15 is 0 Å². The van der Waals surface area contributed by atoms with Gasteiger partial charge in [-0.05, 0) is 39.7 Å². The van der Waals surface area contributed by atoms with Gasteiger partial charge in [-0.15, -0.1) is 0 Å². The van der Waals surface area contributed by atoms with Crippen molar-refractivity contribution >= 4 is 0 Å². The van der Waals surface area contributed by atoms with Crippen molar-refractivity contribution in [3.63, 3.8) is 0 Å². The first-order valence-corrected chi connectivity index (χ1v) is 6.73. The molecule has 1 rings (SSSR count). The largest absolute Gasteiger partial charge is 0.374 e. The fraction of sp³-hybridized carbons (Fsp3) is 1.00.